The molecule has 0 saturated carbocycles. The molecule has 0 radical (unpaired) electrons. The second kappa shape index (κ2) is 5.64. The molecule has 0 bridgehead atoms. The molecule has 0 atom stereocenters. The first-order chi connectivity index (χ1) is 8.65. The van der Waals surface area contributed by atoms with Crippen molar-refractivity contribution in [2.24, 2.45) is 0 Å². The van der Waals surface area contributed by atoms with Crippen molar-refractivity contribution in [1.29, 1.82) is 0 Å². The van der Waals surface area contributed by atoms with Crippen LogP contribution in [0.5, 0.6) is 0 Å². The summed E-state index contributed by atoms with van der Waals surface area (Å²) >= 11 is 5.07. The number of rotatable bonds is 3. The zero-order valence-electron chi connectivity index (χ0n) is 9.87. The molecule has 0 aliphatic carbocycles. The van der Waals surface area contributed by atoms with Gasteiger partial charge in [-0.1, -0.05) is 6.07 Å². The third-order valence-corrected chi connectivity index (χ3v) is 2.62. The van der Waals surface area contributed by atoms with Crippen LogP contribution in [0.15, 0.2) is 41.0 Å². The number of thiocarbonyl (C=S) groups is 1. The van der Waals surface area contributed by atoms with Gasteiger partial charge in [-0.25, -0.2) is 4.39 Å². The van der Waals surface area contributed by atoms with Crippen LogP contribution < -0.4 is 10.6 Å². The van der Waals surface area contributed by atoms with Gasteiger partial charge in [0.05, 0.1) is 18.5 Å². The molecule has 1 aromatic carbocycles. The monoisotopic (exact) mass is 264 g/mol. The maximum atomic E-state index is 13.6. The Bertz CT molecular complexity index is 540. The van der Waals surface area contributed by atoms with E-state index in [0.717, 1.165) is 11.3 Å². The van der Waals surface area contributed by atoms with E-state index in [-0.39, 0.29) is 5.82 Å². The number of hydrogen-bond donors (Lipinski definition) is 2. The van der Waals surface area contributed by atoms with Crippen molar-refractivity contribution in [2.75, 3.05) is 5.32 Å². The van der Waals surface area contributed by atoms with Gasteiger partial charge in [-0.3, -0.25) is 0 Å². The van der Waals surface area contributed by atoms with Crippen LogP contribution in [-0.2, 0) is 6.54 Å². The van der Waals surface area contributed by atoms with E-state index >= 15 is 0 Å². The van der Waals surface area contributed by atoms with Gasteiger partial charge in [0, 0.05) is 0 Å². The molecule has 0 fully saturated rings. The van der Waals surface area contributed by atoms with E-state index in [1.807, 2.05) is 19.1 Å². The SMILES string of the molecule is Cc1ccc(NC(=S)NCc2ccco2)c(F)c1. The maximum absolute atomic E-state index is 13.6. The van der Waals surface area contributed by atoms with E-state index in [0.29, 0.717) is 17.3 Å². The fourth-order valence-electron chi connectivity index (χ4n) is 1.47. The number of hydrogen-bond acceptors (Lipinski definition) is 2. The summed E-state index contributed by atoms with van der Waals surface area (Å²) in [5.74, 6) is 0.445. The topological polar surface area (TPSA) is 37.2 Å². The van der Waals surface area contributed by atoms with Gasteiger partial charge in [-0.15, -0.1) is 0 Å². The van der Waals surface area contributed by atoms with Gasteiger partial charge < -0.3 is 15.1 Å². The van der Waals surface area contributed by atoms with Gasteiger partial charge in [-0.2, -0.15) is 0 Å². The lowest BCUT2D eigenvalue weighted by atomic mass is 10.2. The summed E-state index contributed by atoms with van der Waals surface area (Å²) < 4.78 is 18.7. The molecule has 2 N–H and O–H groups in total. The van der Waals surface area contributed by atoms with Crippen LogP contribution >= 0.6 is 12.2 Å². The summed E-state index contributed by atoms with van der Waals surface area (Å²) in [6.45, 7) is 2.30. The quantitative estimate of drug-likeness (QED) is 0.835. The molecule has 1 aromatic heterocycles. The Kier molecular flexibility index (Phi) is 3.94. The molecular formula is C13H13FN2OS. The summed E-state index contributed by atoms with van der Waals surface area (Å²) in [4.78, 5) is 0. The van der Waals surface area contributed by atoms with Crippen LogP contribution in [0.1, 0.15) is 11.3 Å². The maximum Gasteiger partial charge on any atom is 0.171 e. The minimum atomic E-state index is -0.322. The van der Waals surface area contributed by atoms with Crippen LogP contribution in [0.25, 0.3) is 0 Å². The lowest BCUT2D eigenvalue weighted by molar-refractivity contribution is 0.503. The number of benzene rings is 1. The second-order valence-electron chi connectivity index (χ2n) is 3.87. The highest BCUT2D eigenvalue weighted by molar-refractivity contribution is 7.80. The zero-order valence-corrected chi connectivity index (χ0v) is 10.7. The van der Waals surface area contributed by atoms with Gasteiger partial charge >= 0.3 is 0 Å². The molecule has 0 aliphatic heterocycles. The van der Waals surface area contributed by atoms with E-state index in [4.69, 9.17) is 16.6 Å². The Balaban J connectivity index is 1.91. The summed E-state index contributed by atoms with van der Waals surface area (Å²) in [6.07, 6.45) is 1.59. The number of furan rings is 1. The van der Waals surface area contributed by atoms with E-state index in [2.05, 4.69) is 10.6 Å². The molecule has 94 valence electrons. The lowest BCUT2D eigenvalue weighted by Crippen LogP contribution is -2.28. The normalized spacial score (nSPS) is 10.1. The Hall–Kier alpha value is -1.88. The molecule has 18 heavy (non-hydrogen) atoms. The van der Waals surface area contributed by atoms with Crippen LogP contribution in [-0.4, -0.2) is 5.11 Å². The molecule has 0 unspecified atom stereocenters. The number of halogens is 1. The number of anilines is 1. The first-order valence-electron chi connectivity index (χ1n) is 5.48. The minimum absolute atomic E-state index is 0.322. The minimum Gasteiger partial charge on any atom is -0.467 e. The Morgan fingerprint density at radius 2 is 2.22 bits per heavy atom. The van der Waals surface area contributed by atoms with E-state index in [9.17, 15) is 4.39 Å². The van der Waals surface area contributed by atoms with Crippen LogP contribution in [0.4, 0.5) is 10.1 Å². The third kappa shape index (κ3) is 3.30. The van der Waals surface area contributed by atoms with Crippen molar-refractivity contribution in [2.45, 2.75) is 13.5 Å². The predicted octanol–water partition coefficient (Wildman–Crippen LogP) is 3.21. The molecule has 0 aliphatic rings. The van der Waals surface area contributed by atoms with Crippen molar-refractivity contribution >= 4 is 23.0 Å². The first kappa shape index (κ1) is 12.6. The van der Waals surface area contributed by atoms with E-state index in [1.54, 1.807) is 18.4 Å². The molecule has 0 spiro atoms. The van der Waals surface area contributed by atoms with Crippen molar-refractivity contribution in [3.8, 4) is 0 Å². The molecule has 2 aromatic rings. The average Bonchev–Trinajstić information content (AvgIpc) is 2.83. The lowest BCUT2D eigenvalue weighted by Gasteiger charge is -2.10. The fraction of sp³-hybridized carbons (Fsp3) is 0.154. The van der Waals surface area contributed by atoms with Crippen molar-refractivity contribution in [3.63, 3.8) is 0 Å². The summed E-state index contributed by atoms with van der Waals surface area (Å²) in [5.41, 5.74) is 1.23. The van der Waals surface area contributed by atoms with Gasteiger partial charge in [0.1, 0.15) is 11.6 Å². The highest BCUT2D eigenvalue weighted by atomic mass is 32.1. The average molecular weight is 264 g/mol. The van der Waals surface area contributed by atoms with Gasteiger partial charge in [0.25, 0.3) is 0 Å². The van der Waals surface area contributed by atoms with Crippen molar-refractivity contribution < 1.29 is 8.81 Å². The van der Waals surface area contributed by atoms with Gasteiger partial charge in [0.15, 0.2) is 5.11 Å². The predicted molar refractivity (Wildman–Crippen MR) is 72.9 cm³/mol. The largest absolute Gasteiger partial charge is 0.467 e. The van der Waals surface area contributed by atoms with Crippen LogP contribution in [0, 0.1) is 12.7 Å². The Morgan fingerprint density at radius 1 is 1.39 bits per heavy atom. The number of aryl methyl sites for hydroxylation is 1. The molecule has 0 saturated heterocycles. The Labute approximate surface area is 110 Å². The number of nitrogens with one attached hydrogen (secondary N) is 2. The molecule has 5 heteroatoms. The van der Waals surface area contributed by atoms with Gasteiger partial charge in [-0.05, 0) is 49.0 Å². The Morgan fingerprint density at radius 3 is 2.89 bits per heavy atom. The van der Waals surface area contributed by atoms with Gasteiger partial charge in [0.2, 0.25) is 0 Å². The fourth-order valence-corrected chi connectivity index (χ4v) is 1.65. The van der Waals surface area contributed by atoms with E-state index in [1.165, 1.54) is 6.07 Å². The van der Waals surface area contributed by atoms with Crippen molar-refractivity contribution in [3.05, 3.63) is 53.7 Å². The summed E-state index contributed by atoms with van der Waals surface area (Å²) in [5, 5.41) is 6.09. The van der Waals surface area contributed by atoms with E-state index < -0.39 is 0 Å². The highest BCUT2D eigenvalue weighted by Gasteiger charge is 2.04. The molecule has 1 heterocycles. The third-order valence-electron chi connectivity index (χ3n) is 2.38. The summed E-state index contributed by atoms with van der Waals surface area (Å²) in [7, 11) is 0. The van der Waals surface area contributed by atoms with Crippen molar-refractivity contribution in [1.82, 2.24) is 5.32 Å². The molecule has 2 rings (SSSR count). The second-order valence-corrected chi connectivity index (χ2v) is 4.28. The smallest absolute Gasteiger partial charge is 0.171 e. The first-order valence-corrected chi connectivity index (χ1v) is 5.89. The van der Waals surface area contributed by atoms with Crippen LogP contribution in [0.3, 0.4) is 0 Å². The zero-order chi connectivity index (χ0) is 13.0. The molecule has 0 amide bonds. The standard InChI is InChI=1S/C13H13FN2OS/c1-9-4-5-12(11(14)7-9)16-13(18)15-8-10-3-2-6-17-10/h2-7H,8H2,1H3,(H2,15,16,18). The van der Waals surface area contributed by atoms with Crippen LogP contribution in [0.2, 0.25) is 0 Å². The molecular weight excluding hydrogens is 251 g/mol. The highest BCUT2D eigenvalue weighted by Crippen LogP contribution is 2.15. The molecule has 3 nitrogen and oxygen atoms in total. The summed E-state index contributed by atoms with van der Waals surface area (Å²) in [6, 6.07) is 8.57.